The van der Waals surface area contributed by atoms with Gasteiger partial charge in [-0.15, -0.1) is 0 Å². The van der Waals surface area contributed by atoms with Gasteiger partial charge in [-0.3, -0.25) is 4.79 Å². The number of aromatic nitrogens is 3. The fourth-order valence-corrected chi connectivity index (χ4v) is 2.02. The van der Waals surface area contributed by atoms with Gasteiger partial charge in [0.2, 0.25) is 0 Å². The van der Waals surface area contributed by atoms with Crippen LogP contribution in [0.15, 0.2) is 0 Å². The minimum absolute atomic E-state index is 0.145. The van der Waals surface area contributed by atoms with E-state index in [0.717, 1.165) is 0 Å². The second-order valence-corrected chi connectivity index (χ2v) is 5.66. The Hall–Kier alpha value is -1.08. The molecule has 1 aromatic rings. The maximum atomic E-state index is 10.8. The number of carboxylic acids is 1. The zero-order chi connectivity index (χ0) is 13.5. The average molecular weight is 273 g/mol. The first kappa shape index (κ1) is 15.0. The van der Waals surface area contributed by atoms with Gasteiger partial charge in [-0.05, 0) is 5.25 Å². The van der Waals surface area contributed by atoms with Crippen molar-refractivity contribution in [3.8, 4) is 0 Å². The number of rotatable bonds is 8. The van der Waals surface area contributed by atoms with Crippen molar-refractivity contribution in [1.82, 2.24) is 14.8 Å². The SMILES string of the molecule is COCCc1nc(CSC(C)C)n(CC(=O)O)n1. The molecule has 0 amide bonds. The van der Waals surface area contributed by atoms with Gasteiger partial charge in [-0.1, -0.05) is 13.8 Å². The first-order valence-electron chi connectivity index (χ1n) is 5.78. The van der Waals surface area contributed by atoms with Gasteiger partial charge in [0.15, 0.2) is 5.82 Å². The highest BCUT2D eigenvalue weighted by Gasteiger charge is 2.13. The second kappa shape index (κ2) is 7.38. The molecule has 7 heteroatoms. The predicted molar refractivity (Wildman–Crippen MR) is 69.7 cm³/mol. The van der Waals surface area contributed by atoms with E-state index in [1.54, 1.807) is 18.9 Å². The number of aliphatic carboxylic acids is 1. The topological polar surface area (TPSA) is 77.2 Å². The summed E-state index contributed by atoms with van der Waals surface area (Å²) in [6.07, 6.45) is 0.600. The lowest BCUT2D eigenvalue weighted by molar-refractivity contribution is -0.137. The van der Waals surface area contributed by atoms with Crippen molar-refractivity contribution in [2.24, 2.45) is 0 Å². The van der Waals surface area contributed by atoms with Crippen molar-refractivity contribution in [3.63, 3.8) is 0 Å². The van der Waals surface area contributed by atoms with Gasteiger partial charge < -0.3 is 9.84 Å². The molecule has 18 heavy (non-hydrogen) atoms. The van der Waals surface area contributed by atoms with Gasteiger partial charge in [0.05, 0.1) is 12.4 Å². The van der Waals surface area contributed by atoms with E-state index in [1.807, 2.05) is 0 Å². The van der Waals surface area contributed by atoms with Crippen LogP contribution in [0.1, 0.15) is 25.5 Å². The zero-order valence-corrected chi connectivity index (χ0v) is 11.7. The molecule has 0 aliphatic heterocycles. The Morgan fingerprint density at radius 1 is 1.56 bits per heavy atom. The molecule has 1 heterocycles. The molecular weight excluding hydrogens is 254 g/mol. The summed E-state index contributed by atoms with van der Waals surface area (Å²) in [6, 6.07) is 0. The summed E-state index contributed by atoms with van der Waals surface area (Å²) in [5.74, 6) is 1.11. The largest absolute Gasteiger partial charge is 0.480 e. The lowest BCUT2D eigenvalue weighted by Gasteiger charge is -2.04. The quantitative estimate of drug-likeness (QED) is 0.766. The molecule has 0 unspecified atom stereocenters. The maximum Gasteiger partial charge on any atom is 0.325 e. The normalized spacial score (nSPS) is 11.1. The van der Waals surface area contributed by atoms with Gasteiger partial charge >= 0.3 is 5.97 Å². The first-order valence-corrected chi connectivity index (χ1v) is 6.82. The van der Waals surface area contributed by atoms with Crippen LogP contribution in [-0.4, -0.2) is 44.8 Å². The van der Waals surface area contributed by atoms with Crippen LogP contribution in [0.2, 0.25) is 0 Å². The third-order valence-corrected chi connectivity index (χ3v) is 3.24. The monoisotopic (exact) mass is 273 g/mol. The van der Waals surface area contributed by atoms with Crippen molar-refractivity contribution in [2.75, 3.05) is 13.7 Å². The molecule has 102 valence electrons. The van der Waals surface area contributed by atoms with Gasteiger partial charge in [0, 0.05) is 13.5 Å². The minimum Gasteiger partial charge on any atom is -0.480 e. The molecule has 0 radical (unpaired) electrons. The summed E-state index contributed by atoms with van der Waals surface area (Å²) in [7, 11) is 1.61. The van der Waals surface area contributed by atoms with Crippen LogP contribution in [0, 0.1) is 0 Å². The number of thioether (sulfide) groups is 1. The maximum absolute atomic E-state index is 10.8. The third-order valence-electron chi connectivity index (χ3n) is 2.15. The molecule has 1 N–H and O–H groups in total. The standard InChI is InChI=1S/C11H19N3O3S/c1-8(2)18-7-10-12-9(4-5-17-3)13-14(10)6-11(15)16/h8H,4-7H2,1-3H3,(H,15,16). The number of ether oxygens (including phenoxy) is 1. The summed E-state index contributed by atoms with van der Waals surface area (Å²) in [4.78, 5) is 15.1. The van der Waals surface area contributed by atoms with E-state index in [2.05, 4.69) is 23.9 Å². The highest BCUT2D eigenvalue weighted by molar-refractivity contribution is 7.99. The molecule has 1 rings (SSSR count). The molecule has 0 spiro atoms. The summed E-state index contributed by atoms with van der Waals surface area (Å²) >= 11 is 1.72. The van der Waals surface area contributed by atoms with Crippen LogP contribution in [0.5, 0.6) is 0 Å². The van der Waals surface area contributed by atoms with Gasteiger partial charge in [-0.2, -0.15) is 16.9 Å². The Bertz CT molecular complexity index is 393. The van der Waals surface area contributed by atoms with Gasteiger partial charge in [0.25, 0.3) is 0 Å². The second-order valence-electron chi connectivity index (χ2n) is 4.10. The fourth-order valence-electron chi connectivity index (χ4n) is 1.33. The van der Waals surface area contributed by atoms with E-state index < -0.39 is 5.97 Å². The fraction of sp³-hybridized carbons (Fsp3) is 0.727. The smallest absolute Gasteiger partial charge is 0.325 e. The van der Waals surface area contributed by atoms with Gasteiger partial charge in [-0.25, -0.2) is 9.67 Å². The number of carbonyl (C=O) groups is 1. The molecule has 0 saturated carbocycles. The number of hydrogen-bond acceptors (Lipinski definition) is 5. The molecule has 0 fully saturated rings. The van der Waals surface area contributed by atoms with Crippen molar-refractivity contribution < 1.29 is 14.6 Å². The Balaban J connectivity index is 2.75. The summed E-state index contributed by atoms with van der Waals surface area (Å²) < 4.78 is 6.42. The number of methoxy groups -OCH3 is 1. The van der Waals surface area contributed by atoms with Crippen molar-refractivity contribution in [3.05, 3.63) is 11.6 Å². The molecule has 0 aliphatic rings. The van der Waals surface area contributed by atoms with Crippen LogP contribution in [-0.2, 0) is 28.2 Å². The van der Waals surface area contributed by atoms with Crippen LogP contribution in [0.25, 0.3) is 0 Å². The first-order chi connectivity index (χ1) is 8.52. The Morgan fingerprint density at radius 3 is 2.83 bits per heavy atom. The molecule has 1 aromatic heterocycles. The minimum atomic E-state index is -0.908. The Labute approximate surface area is 111 Å². The van der Waals surface area contributed by atoms with E-state index >= 15 is 0 Å². The van der Waals surface area contributed by atoms with Crippen molar-refractivity contribution in [1.29, 1.82) is 0 Å². The number of nitrogens with zero attached hydrogens (tertiary/aromatic N) is 3. The van der Waals surface area contributed by atoms with E-state index in [0.29, 0.717) is 35.7 Å². The van der Waals surface area contributed by atoms with E-state index in [1.165, 1.54) is 4.68 Å². The summed E-state index contributed by atoms with van der Waals surface area (Å²) in [6.45, 7) is 4.57. The molecule has 0 bridgehead atoms. The number of hydrogen-bond donors (Lipinski definition) is 1. The van der Waals surface area contributed by atoms with Crippen LogP contribution < -0.4 is 0 Å². The highest BCUT2D eigenvalue weighted by Crippen LogP contribution is 2.16. The molecule has 0 aromatic carbocycles. The number of carboxylic acid groups (broad SMARTS) is 1. The third kappa shape index (κ3) is 5.05. The average Bonchev–Trinajstić information content (AvgIpc) is 2.65. The molecule has 6 nitrogen and oxygen atoms in total. The zero-order valence-electron chi connectivity index (χ0n) is 10.9. The Morgan fingerprint density at radius 2 is 2.28 bits per heavy atom. The van der Waals surface area contributed by atoms with Crippen molar-refractivity contribution in [2.45, 2.75) is 37.8 Å². The lowest BCUT2D eigenvalue weighted by atomic mass is 10.4. The lowest BCUT2D eigenvalue weighted by Crippen LogP contribution is -2.13. The summed E-state index contributed by atoms with van der Waals surface area (Å²) in [5.41, 5.74) is 0. The summed E-state index contributed by atoms with van der Waals surface area (Å²) in [5, 5.41) is 13.5. The van der Waals surface area contributed by atoms with Crippen LogP contribution >= 0.6 is 11.8 Å². The van der Waals surface area contributed by atoms with Gasteiger partial charge in [0.1, 0.15) is 12.4 Å². The molecule has 0 aliphatic carbocycles. The van der Waals surface area contributed by atoms with Crippen molar-refractivity contribution >= 4 is 17.7 Å². The van der Waals surface area contributed by atoms with E-state index in [4.69, 9.17) is 9.84 Å². The Kier molecular flexibility index (Phi) is 6.14. The highest BCUT2D eigenvalue weighted by atomic mass is 32.2. The predicted octanol–water partition coefficient (Wildman–Crippen LogP) is 1.19. The molecule has 0 saturated heterocycles. The van der Waals surface area contributed by atoms with Crippen LogP contribution in [0.4, 0.5) is 0 Å². The van der Waals surface area contributed by atoms with Crippen LogP contribution in [0.3, 0.4) is 0 Å². The van der Waals surface area contributed by atoms with E-state index in [9.17, 15) is 4.79 Å². The molecule has 0 atom stereocenters. The molecular formula is C11H19N3O3S. The van der Waals surface area contributed by atoms with E-state index in [-0.39, 0.29) is 6.54 Å².